The van der Waals surface area contributed by atoms with Crippen LogP contribution in [0.3, 0.4) is 0 Å². The monoisotopic (exact) mass is 315 g/mol. The summed E-state index contributed by atoms with van der Waals surface area (Å²) in [6.07, 6.45) is 4.70. The van der Waals surface area contributed by atoms with Crippen LogP contribution in [0.25, 0.3) is 0 Å². The molecule has 0 radical (unpaired) electrons. The Kier molecular flexibility index (Phi) is 5.20. The van der Waals surface area contributed by atoms with Crippen LogP contribution in [0.15, 0.2) is 42.7 Å². The van der Waals surface area contributed by atoms with Gasteiger partial charge in [0.25, 0.3) is 0 Å². The summed E-state index contributed by atoms with van der Waals surface area (Å²) in [5, 5.41) is 13.0. The summed E-state index contributed by atoms with van der Waals surface area (Å²) in [5.41, 5.74) is 2.87. The number of nitrogens with one attached hydrogen (secondary N) is 1. The Labute approximate surface area is 136 Å². The minimum atomic E-state index is -0.250. The number of rotatable bonds is 5. The molecular weight excluding hydrogens is 293 g/mol. The summed E-state index contributed by atoms with van der Waals surface area (Å²) < 4.78 is 14.1. The molecule has 0 unspecified atom stereocenters. The van der Waals surface area contributed by atoms with Gasteiger partial charge in [0.05, 0.1) is 11.8 Å². The maximum absolute atomic E-state index is 14.1. The van der Waals surface area contributed by atoms with Crippen LogP contribution in [0, 0.1) is 5.82 Å². The number of hydrogen-bond donors (Lipinski definition) is 2. The van der Waals surface area contributed by atoms with Gasteiger partial charge in [-0.2, -0.15) is 0 Å². The highest BCUT2D eigenvalue weighted by molar-refractivity contribution is 5.50. The van der Waals surface area contributed by atoms with Gasteiger partial charge < -0.3 is 15.3 Å². The molecule has 122 valence electrons. The Morgan fingerprint density at radius 1 is 1.09 bits per heavy atom. The second-order valence-electron chi connectivity index (χ2n) is 5.96. The molecule has 0 aliphatic carbocycles. The second kappa shape index (κ2) is 7.53. The fourth-order valence-electron chi connectivity index (χ4n) is 2.87. The lowest BCUT2D eigenvalue weighted by atomic mass is 10.1. The zero-order valence-electron chi connectivity index (χ0n) is 13.1. The maximum Gasteiger partial charge on any atom is 0.146 e. The first-order valence-electron chi connectivity index (χ1n) is 8.03. The summed E-state index contributed by atoms with van der Waals surface area (Å²) in [6, 6.07) is 9.21. The van der Waals surface area contributed by atoms with E-state index in [1.165, 1.54) is 11.6 Å². The number of piperidine rings is 1. The molecule has 23 heavy (non-hydrogen) atoms. The van der Waals surface area contributed by atoms with Crippen LogP contribution in [0.1, 0.15) is 24.0 Å². The van der Waals surface area contributed by atoms with E-state index < -0.39 is 0 Å². The van der Waals surface area contributed by atoms with Crippen LogP contribution >= 0.6 is 0 Å². The normalized spacial score (nSPS) is 15.8. The smallest absolute Gasteiger partial charge is 0.146 e. The predicted octanol–water partition coefficient (Wildman–Crippen LogP) is 2.47. The molecule has 1 aliphatic heterocycles. The zero-order chi connectivity index (χ0) is 16.1. The highest BCUT2D eigenvalue weighted by Crippen LogP contribution is 2.24. The van der Waals surface area contributed by atoms with Gasteiger partial charge in [0, 0.05) is 38.6 Å². The van der Waals surface area contributed by atoms with E-state index in [1.807, 2.05) is 29.2 Å². The van der Waals surface area contributed by atoms with Crippen molar-refractivity contribution in [3.63, 3.8) is 0 Å². The van der Waals surface area contributed by atoms with Gasteiger partial charge in [-0.15, -0.1) is 0 Å². The van der Waals surface area contributed by atoms with E-state index in [9.17, 15) is 9.50 Å². The number of nitrogens with zero attached hydrogens (tertiary/aromatic N) is 2. The third kappa shape index (κ3) is 4.27. The number of anilines is 1. The van der Waals surface area contributed by atoms with Gasteiger partial charge in [-0.25, -0.2) is 4.39 Å². The number of aliphatic hydroxyl groups is 1. The van der Waals surface area contributed by atoms with E-state index in [2.05, 4.69) is 10.3 Å². The Morgan fingerprint density at radius 2 is 1.78 bits per heavy atom. The number of aromatic nitrogens is 1. The predicted molar refractivity (Wildman–Crippen MR) is 88.6 cm³/mol. The van der Waals surface area contributed by atoms with Crippen molar-refractivity contribution in [3.8, 4) is 0 Å². The summed E-state index contributed by atoms with van der Waals surface area (Å²) >= 11 is 0. The van der Waals surface area contributed by atoms with E-state index in [4.69, 9.17) is 0 Å². The van der Waals surface area contributed by atoms with E-state index in [1.54, 1.807) is 12.4 Å². The summed E-state index contributed by atoms with van der Waals surface area (Å²) in [5.74, 6) is -0.195. The van der Waals surface area contributed by atoms with Crippen LogP contribution in [-0.2, 0) is 13.1 Å². The van der Waals surface area contributed by atoms with Gasteiger partial charge >= 0.3 is 0 Å². The Morgan fingerprint density at radius 3 is 2.52 bits per heavy atom. The number of aliphatic hydroxyl groups excluding tert-OH is 1. The molecule has 2 heterocycles. The number of hydrogen-bond acceptors (Lipinski definition) is 4. The highest BCUT2D eigenvalue weighted by atomic mass is 19.1. The van der Waals surface area contributed by atoms with Crippen molar-refractivity contribution in [2.75, 3.05) is 18.0 Å². The minimum Gasteiger partial charge on any atom is -0.393 e. The zero-order valence-corrected chi connectivity index (χ0v) is 13.1. The fourth-order valence-corrected chi connectivity index (χ4v) is 2.87. The van der Waals surface area contributed by atoms with Crippen molar-refractivity contribution in [2.45, 2.75) is 32.0 Å². The van der Waals surface area contributed by atoms with E-state index in [0.717, 1.165) is 12.1 Å². The quantitative estimate of drug-likeness (QED) is 0.890. The van der Waals surface area contributed by atoms with Crippen molar-refractivity contribution in [3.05, 3.63) is 59.7 Å². The fraction of sp³-hybridized carbons (Fsp3) is 0.389. The van der Waals surface area contributed by atoms with E-state index in [-0.39, 0.29) is 11.9 Å². The highest BCUT2D eigenvalue weighted by Gasteiger charge is 2.19. The number of pyridine rings is 1. The van der Waals surface area contributed by atoms with Crippen molar-refractivity contribution in [1.82, 2.24) is 10.3 Å². The molecule has 0 amide bonds. The Balaban J connectivity index is 1.61. The molecule has 3 rings (SSSR count). The maximum atomic E-state index is 14.1. The molecule has 1 fully saturated rings. The lowest BCUT2D eigenvalue weighted by Crippen LogP contribution is -2.36. The van der Waals surface area contributed by atoms with Crippen LogP contribution in [0.4, 0.5) is 10.1 Å². The lowest BCUT2D eigenvalue weighted by Gasteiger charge is -2.32. The Hall–Kier alpha value is -1.98. The SMILES string of the molecule is OC1CCN(c2cc(CNCc3ccncc3)ccc2F)CC1. The summed E-state index contributed by atoms with van der Waals surface area (Å²) in [7, 11) is 0. The second-order valence-corrected chi connectivity index (χ2v) is 5.96. The van der Waals surface area contributed by atoms with Gasteiger partial charge in [-0.3, -0.25) is 4.98 Å². The standard InChI is InChI=1S/C18H22FN3O/c19-17-2-1-15(13-21-12-14-3-7-20-8-4-14)11-18(17)22-9-5-16(23)6-10-22/h1-4,7-8,11,16,21,23H,5-6,9-10,12-13H2. The molecule has 0 saturated carbocycles. The van der Waals surface area contributed by atoms with Crippen LogP contribution in [-0.4, -0.2) is 29.3 Å². The van der Waals surface area contributed by atoms with Crippen molar-refractivity contribution < 1.29 is 9.50 Å². The van der Waals surface area contributed by atoms with Gasteiger partial charge in [0.2, 0.25) is 0 Å². The van der Waals surface area contributed by atoms with Gasteiger partial charge in [-0.1, -0.05) is 6.07 Å². The Bertz CT molecular complexity index is 627. The van der Waals surface area contributed by atoms with Crippen LogP contribution in [0.2, 0.25) is 0 Å². The largest absolute Gasteiger partial charge is 0.393 e. The van der Waals surface area contributed by atoms with E-state index in [0.29, 0.717) is 38.2 Å². The number of benzene rings is 1. The molecule has 1 aliphatic rings. The molecule has 1 saturated heterocycles. The first-order valence-corrected chi connectivity index (χ1v) is 8.03. The third-order valence-electron chi connectivity index (χ3n) is 4.22. The molecule has 0 spiro atoms. The van der Waals surface area contributed by atoms with Crippen molar-refractivity contribution >= 4 is 5.69 Å². The molecule has 5 heteroatoms. The molecule has 1 aromatic heterocycles. The summed E-state index contributed by atoms with van der Waals surface area (Å²) in [4.78, 5) is 6.02. The average Bonchev–Trinajstić information content (AvgIpc) is 2.58. The molecular formula is C18H22FN3O. The average molecular weight is 315 g/mol. The molecule has 4 nitrogen and oxygen atoms in total. The van der Waals surface area contributed by atoms with Crippen LogP contribution in [0.5, 0.6) is 0 Å². The molecule has 0 bridgehead atoms. The van der Waals surface area contributed by atoms with Crippen LogP contribution < -0.4 is 10.2 Å². The minimum absolute atomic E-state index is 0.195. The topological polar surface area (TPSA) is 48.4 Å². The summed E-state index contributed by atoms with van der Waals surface area (Å²) in [6.45, 7) is 2.84. The van der Waals surface area contributed by atoms with Crippen molar-refractivity contribution in [1.29, 1.82) is 0 Å². The third-order valence-corrected chi connectivity index (χ3v) is 4.22. The van der Waals surface area contributed by atoms with Gasteiger partial charge in [0.15, 0.2) is 0 Å². The van der Waals surface area contributed by atoms with E-state index >= 15 is 0 Å². The van der Waals surface area contributed by atoms with Gasteiger partial charge in [0.1, 0.15) is 5.82 Å². The lowest BCUT2D eigenvalue weighted by molar-refractivity contribution is 0.145. The first kappa shape index (κ1) is 15.9. The molecule has 0 atom stereocenters. The first-order chi connectivity index (χ1) is 11.2. The molecule has 1 aromatic carbocycles. The molecule has 2 aromatic rings. The number of halogens is 1. The van der Waals surface area contributed by atoms with Crippen molar-refractivity contribution in [2.24, 2.45) is 0 Å². The van der Waals surface area contributed by atoms with Gasteiger partial charge in [-0.05, 0) is 48.2 Å². The molecule has 2 N–H and O–H groups in total.